The standard InChI is InChI=1S/C15H20F2N2O2.ClH/c1-9(14-11(16)4-3-5-12(14)17)19(2)15(20)13-7-6-10(8-18)21-13;/h3-5,9-10,13H,6-8,18H2,1-2H3;1H/t9?,10-,13+;/m1./s1. The Labute approximate surface area is 135 Å². The van der Waals surface area contributed by atoms with Gasteiger partial charge >= 0.3 is 0 Å². The first kappa shape index (κ1) is 18.8. The lowest BCUT2D eigenvalue weighted by atomic mass is 10.0. The van der Waals surface area contributed by atoms with Gasteiger partial charge in [-0.05, 0) is 31.9 Å². The summed E-state index contributed by atoms with van der Waals surface area (Å²) in [5, 5.41) is 0. The SMILES string of the molecule is CC(c1c(F)cccc1F)N(C)C(=O)[C@@H]1CC[C@H](CN)O1.Cl. The van der Waals surface area contributed by atoms with Gasteiger partial charge in [0.25, 0.3) is 5.91 Å². The molecule has 0 bridgehead atoms. The third-order valence-electron chi connectivity index (χ3n) is 3.99. The summed E-state index contributed by atoms with van der Waals surface area (Å²) in [5.74, 6) is -1.59. The number of likely N-dealkylation sites (N-methyl/N-ethyl adjacent to an activating group) is 1. The second-order valence-corrected chi connectivity index (χ2v) is 5.32. The smallest absolute Gasteiger partial charge is 0.251 e. The van der Waals surface area contributed by atoms with Crippen molar-refractivity contribution in [1.82, 2.24) is 4.90 Å². The average Bonchev–Trinajstić information content (AvgIpc) is 2.94. The number of nitrogens with two attached hydrogens (primary N) is 1. The minimum absolute atomic E-state index is 0. The zero-order valence-electron chi connectivity index (χ0n) is 12.6. The van der Waals surface area contributed by atoms with Crippen LogP contribution in [0.5, 0.6) is 0 Å². The topological polar surface area (TPSA) is 55.6 Å². The highest BCUT2D eigenvalue weighted by Gasteiger charge is 2.34. The Morgan fingerprint density at radius 2 is 2.00 bits per heavy atom. The Morgan fingerprint density at radius 1 is 1.41 bits per heavy atom. The van der Waals surface area contributed by atoms with Crippen LogP contribution in [0, 0.1) is 11.6 Å². The largest absolute Gasteiger partial charge is 0.364 e. The highest BCUT2D eigenvalue weighted by Crippen LogP contribution is 2.28. The van der Waals surface area contributed by atoms with Crippen molar-refractivity contribution in [3.05, 3.63) is 35.4 Å². The molecular formula is C15H21ClF2N2O2. The van der Waals surface area contributed by atoms with Crippen molar-refractivity contribution in [2.45, 2.75) is 38.0 Å². The number of ether oxygens (including phenoxy) is 1. The molecule has 124 valence electrons. The molecule has 2 rings (SSSR count). The van der Waals surface area contributed by atoms with E-state index < -0.39 is 23.8 Å². The van der Waals surface area contributed by atoms with Crippen LogP contribution in [0.2, 0.25) is 0 Å². The van der Waals surface area contributed by atoms with E-state index in [4.69, 9.17) is 10.5 Å². The summed E-state index contributed by atoms with van der Waals surface area (Å²) < 4.78 is 33.1. The maximum absolute atomic E-state index is 13.8. The van der Waals surface area contributed by atoms with Gasteiger partial charge in [-0.1, -0.05) is 6.07 Å². The Bertz CT molecular complexity index is 510. The molecule has 0 saturated carbocycles. The first-order valence-electron chi connectivity index (χ1n) is 7.01. The number of carbonyl (C=O) groups is 1. The number of hydrogen-bond acceptors (Lipinski definition) is 3. The lowest BCUT2D eigenvalue weighted by molar-refractivity contribution is -0.143. The van der Waals surface area contributed by atoms with E-state index in [1.54, 1.807) is 6.92 Å². The summed E-state index contributed by atoms with van der Waals surface area (Å²) in [7, 11) is 1.53. The van der Waals surface area contributed by atoms with Crippen molar-refractivity contribution < 1.29 is 18.3 Å². The molecule has 1 heterocycles. The molecule has 3 atom stereocenters. The molecule has 1 unspecified atom stereocenters. The molecule has 1 aliphatic heterocycles. The predicted molar refractivity (Wildman–Crippen MR) is 81.7 cm³/mol. The lowest BCUT2D eigenvalue weighted by Crippen LogP contribution is -2.39. The van der Waals surface area contributed by atoms with Crippen LogP contribution in [0.4, 0.5) is 8.78 Å². The first-order valence-corrected chi connectivity index (χ1v) is 7.01. The Balaban J connectivity index is 0.00000242. The monoisotopic (exact) mass is 334 g/mol. The summed E-state index contributed by atoms with van der Waals surface area (Å²) in [5.41, 5.74) is 5.40. The van der Waals surface area contributed by atoms with Crippen molar-refractivity contribution >= 4 is 18.3 Å². The van der Waals surface area contributed by atoms with Crippen LogP contribution in [0.1, 0.15) is 31.4 Å². The van der Waals surface area contributed by atoms with E-state index in [9.17, 15) is 13.6 Å². The number of benzene rings is 1. The summed E-state index contributed by atoms with van der Waals surface area (Å²) in [4.78, 5) is 13.7. The minimum Gasteiger partial charge on any atom is -0.364 e. The molecule has 0 radical (unpaired) electrons. The molecule has 0 aliphatic carbocycles. The Morgan fingerprint density at radius 3 is 2.50 bits per heavy atom. The van der Waals surface area contributed by atoms with E-state index >= 15 is 0 Å². The number of hydrogen-bond donors (Lipinski definition) is 1. The van der Waals surface area contributed by atoms with E-state index in [-0.39, 0.29) is 30.0 Å². The van der Waals surface area contributed by atoms with Gasteiger partial charge in [0, 0.05) is 19.2 Å². The maximum atomic E-state index is 13.8. The fourth-order valence-electron chi connectivity index (χ4n) is 2.58. The zero-order valence-corrected chi connectivity index (χ0v) is 13.4. The number of rotatable bonds is 4. The maximum Gasteiger partial charge on any atom is 0.251 e. The quantitative estimate of drug-likeness (QED) is 0.920. The zero-order chi connectivity index (χ0) is 15.6. The second kappa shape index (κ2) is 7.85. The van der Waals surface area contributed by atoms with Gasteiger partial charge in [0.15, 0.2) is 0 Å². The van der Waals surface area contributed by atoms with Crippen LogP contribution in [-0.4, -0.2) is 36.6 Å². The van der Waals surface area contributed by atoms with Gasteiger partial charge in [0.05, 0.1) is 12.1 Å². The van der Waals surface area contributed by atoms with Gasteiger partial charge < -0.3 is 15.4 Å². The molecule has 7 heteroatoms. The molecule has 1 amide bonds. The number of halogens is 3. The second-order valence-electron chi connectivity index (χ2n) is 5.32. The van der Waals surface area contributed by atoms with Gasteiger partial charge in [-0.15, -0.1) is 12.4 Å². The number of nitrogens with zero attached hydrogens (tertiary/aromatic N) is 1. The van der Waals surface area contributed by atoms with Gasteiger partial charge in [0.2, 0.25) is 0 Å². The third-order valence-corrected chi connectivity index (χ3v) is 3.99. The summed E-state index contributed by atoms with van der Waals surface area (Å²) in [6, 6.07) is 2.96. The van der Waals surface area contributed by atoms with Crippen LogP contribution in [-0.2, 0) is 9.53 Å². The van der Waals surface area contributed by atoms with Crippen LogP contribution in [0.3, 0.4) is 0 Å². The van der Waals surface area contributed by atoms with Crippen molar-refractivity contribution in [1.29, 1.82) is 0 Å². The average molecular weight is 335 g/mol. The van der Waals surface area contributed by atoms with Crippen molar-refractivity contribution in [3.63, 3.8) is 0 Å². The van der Waals surface area contributed by atoms with Gasteiger partial charge in [-0.2, -0.15) is 0 Å². The van der Waals surface area contributed by atoms with Crippen LogP contribution in [0.25, 0.3) is 0 Å². The van der Waals surface area contributed by atoms with Crippen LogP contribution >= 0.6 is 12.4 Å². The molecule has 0 spiro atoms. The molecule has 2 N–H and O–H groups in total. The van der Waals surface area contributed by atoms with Crippen molar-refractivity contribution in [2.24, 2.45) is 5.73 Å². The highest BCUT2D eigenvalue weighted by atomic mass is 35.5. The van der Waals surface area contributed by atoms with E-state index in [0.29, 0.717) is 13.0 Å². The van der Waals surface area contributed by atoms with Crippen molar-refractivity contribution in [2.75, 3.05) is 13.6 Å². The lowest BCUT2D eigenvalue weighted by Gasteiger charge is -2.28. The normalized spacial score (nSPS) is 22.0. The van der Waals surface area contributed by atoms with Crippen molar-refractivity contribution in [3.8, 4) is 0 Å². The summed E-state index contributed by atoms with van der Waals surface area (Å²) in [6.07, 6.45) is 0.606. The summed E-state index contributed by atoms with van der Waals surface area (Å²) >= 11 is 0. The summed E-state index contributed by atoms with van der Waals surface area (Å²) in [6.45, 7) is 1.96. The van der Waals surface area contributed by atoms with Gasteiger partial charge in [0.1, 0.15) is 17.7 Å². The fraction of sp³-hybridized carbons (Fsp3) is 0.533. The molecule has 1 aliphatic rings. The predicted octanol–water partition coefficient (Wildman–Crippen LogP) is 2.41. The van der Waals surface area contributed by atoms with E-state index in [2.05, 4.69) is 0 Å². The van der Waals surface area contributed by atoms with Crippen LogP contribution in [0.15, 0.2) is 18.2 Å². The molecule has 4 nitrogen and oxygen atoms in total. The van der Waals surface area contributed by atoms with E-state index in [1.807, 2.05) is 0 Å². The van der Waals surface area contributed by atoms with Crippen LogP contribution < -0.4 is 5.73 Å². The Kier molecular flexibility index (Phi) is 6.71. The molecule has 1 fully saturated rings. The minimum atomic E-state index is -0.709. The van der Waals surface area contributed by atoms with E-state index in [0.717, 1.165) is 6.42 Å². The highest BCUT2D eigenvalue weighted by molar-refractivity contribution is 5.85. The molecule has 0 aromatic heterocycles. The molecular weight excluding hydrogens is 314 g/mol. The van der Waals surface area contributed by atoms with Gasteiger partial charge in [-0.3, -0.25) is 4.79 Å². The number of carbonyl (C=O) groups excluding carboxylic acids is 1. The Hall–Kier alpha value is -1.24. The first-order chi connectivity index (χ1) is 9.95. The fourth-order valence-corrected chi connectivity index (χ4v) is 2.58. The van der Waals surface area contributed by atoms with Gasteiger partial charge in [-0.25, -0.2) is 8.78 Å². The number of amides is 1. The molecule has 1 saturated heterocycles. The molecule has 1 aromatic carbocycles. The molecule has 1 aromatic rings. The van der Waals surface area contributed by atoms with E-state index in [1.165, 1.54) is 30.1 Å². The molecule has 22 heavy (non-hydrogen) atoms. The third kappa shape index (κ3) is 3.74.